The van der Waals surface area contributed by atoms with Gasteiger partial charge in [0.25, 0.3) is 11.8 Å². The van der Waals surface area contributed by atoms with Gasteiger partial charge in [-0.1, -0.05) is 36.4 Å². The van der Waals surface area contributed by atoms with Crippen molar-refractivity contribution in [3.63, 3.8) is 0 Å². The fraction of sp³-hybridized carbons (Fsp3) is 0.0741. The van der Waals surface area contributed by atoms with E-state index < -0.39 is 11.8 Å². The van der Waals surface area contributed by atoms with Gasteiger partial charge in [-0.2, -0.15) is 5.10 Å². The van der Waals surface area contributed by atoms with E-state index in [0.717, 1.165) is 33.8 Å². The first-order chi connectivity index (χ1) is 17.2. The molecule has 0 unspecified atom stereocenters. The molecule has 0 saturated heterocycles. The number of hydrogen-bond donors (Lipinski definition) is 1. The SMILES string of the molecule is O=CCCn1nc(C2=C(c3cn(-c4cccnc4)c4ccccc34)C(=O)NC2=O)c2ccccc21. The van der Waals surface area contributed by atoms with Crippen molar-refractivity contribution in [2.45, 2.75) is 13.0 Å². The molecular formula is C27H19N5O3. The van der Waals surface area contributed by atoms with E-state index in [0.29, 0.717) is 24.2 Å². The van der Waals surface area contributed by atoms with Crippen LogP contribution in [0.5, 0.6) is 0 Å². The molecule has 35 heavy (non-hydrogen) atoms. The number of nitrogens with zero attached hydrogens (tertiary/aromatic N) is 4. The summed E-state index contributed by atoms with van der Waals surface area (Å²) in [5, 5.41) is 8.72. The molecule has 0 fully saturated rings. The highest BCUT2D eigenvalue weighted by molar-refractivity contribution is 6.50. The second kappa shape index (κ2) is 8.18. The van der Waals surface area contributed by atoms with Crippen LogP contribution in [0.1, 0.15) is 17.7 Å². The van der Waals surface area contributed by atoms with Gasteiger partial charge < -0.3 is 9.36 Å². The van der Waals surface area contributed by atoms with Crippen LogP contribution in [0.15, 0.2) is 79.3 Å². The topological polar surface area (TPSA) is 98.9 Å². The fourth-order valence-corrected chi connectivity index (χ4v) is 4.68. The summed E-state index contributed by atoms with van der Waals surface area (Å²) in [5.41, 5.74) is 4.07. The summed E-state index contributed by atoms with van der Waals surface area (Å²) in [7, 11) is 0. The molecule has 6 rings (SSSR count). The van der Waals surface area contributed by atoms with Gasteiger partial charge in [-0.25, -0.2) is 0 Å². The maximum atomic E-state index is 13.2. The van der Waals surface area contributed by atoms with Gasteiger partial charge in [-0.05, 0) is 24.3 Å². The van der Waals surface area contributed by atoms with Crippen LogP contribution in [0.4, 0.5) is 0 Å². The fourth-order valence-electron chi connectivity index (χ4n) is 4.68. The normalized spacial score (nSPS) is 13.7. The minimum absolute atomic E-state index is 0.227. The minimum Gasteiger partial charge on any atom is -0.314 e. The van der Waals surface area contributed by atoms with Gasteiger partial charge in [0.2, 0.25) is 0 Å². The van der Waals surface area contributed by atoms with E-state index in [1.165, 1.54) is 0 Å². The summed E-state index contributed by atoms with van der Waals surface area (Å²) in [5.74, 6) is -0.959. The van der Waals surface area contributed by atoms with E-state index in [1.807, 2.05) is 71.4 Å². The number of nitrogens with one attached hydrogen (secondary N) is 1. The zero-order valence-corrected chi connectivity index (χ0v) is 18.5. The van der Waals surface area contributed by atoms with Crippen LogP contribution in [0.3, 0.4) is 0 Å². The number of hydrogen-bond acceptors (Lipinski definition) is 5. The van der Waals surface area contributed by atoms with Crippen LogP contribution < -0.4 is 5.32 Å². The van der Waals surface area contributed by atoms with Crippen LogP contribution in [-0.4, -0.2) is 37.4 Å². The molecule has 1 aliphatic rings. The molecular weight excluding hydrogens is 442 g/mol. The van der Waals surface area contributed by atoms with Crippen molar-refractivity contribution in [2.75, 3.05) is 0 Å². The number of pyridine rings is 1. The molecule has 0 aliphatic carbocycles. The number of carbonyl (C=O) groups excluding carboxylic acids is 3. The maximum Gasteiger partial charge on any atom is 0.261 e. The number of imide groups is 1. The number of fused-ring (bicyclic) bond motifs is 2. The van der Waals surface area contributed by atoms with Crippen molar-refractivity contribution in [1.82, 2.24) is 24.6 Å². The molecule has 2 amide bonds. The molecule has 0 atom stereocenters. The summed E-state index contributed by atoms with van der Waals surface area (Å²) >= 11 is 0. The Hall–Kier alpha value is -4.85. The number of aryl methyl sites for hydroxylation is 1. The third-order valence-electron chi connectivity index (χ3n) is 6.19. The third-order valence-corrected chi connectivity index (χ3v) is 6.19. The highest BCUT2D eigenvalue weighted by Gasteiger charge is 2.36. The highest BCUT2D eigenvalue weighted by atomic mass is 16.2. The Bertz CT molecular complexity index is 1680. The number of amides is 2. The monoisotopic (exact) mass is 461 g/mol. The number of aromatic nitrogens is 4. The van der Waals surface area contributed by atoms with Crippen LogP contribution in [0.25, 0.3) is 38.6 Å². The molecule has 4 heterocycles. The van der Waals surface area contributed by atoms with Gasteiger partial charge in [-0.3, -0.25) is 24.6 Å². The van der Waals surface area contributed by atoms with Crippen LogP contribution in [0, 0.1) is 0 Å². The number of carbonyl (C=O) groups is 3. The van der Waals surface area contributed by atoms with Crippen molar-refractivity contribution in [2.24, 2.45) is 0 Å². The molecule has 1 aliphatic heterocycles. The Kier molecular flexibility index (Phi) is 4.84. The summed E-state index contributed by atoms with van der Waals surface area (Å²) in [6.45, 7) is 0.377. The zero-order valence-electron chi connectivity index (χ0n) is 18.5. The molecule has 170 valence electrons. The number of rotatable bonds is 6. The number of aldehydes is 1. The first kappa shape index (κ1) is 20.7. The molecule has 0 saturated carbocycles. The second-order valence-electron chi connectivity index (χ2n) is 8.22. The lowest BCUT2D eigenvalue weighted by molar-refractivity contribution is -0.122. The van der Waals surface area contributed by atoms with Crippen molar-refractivity contribution in [1.29, 1.82) is 0 Å². The van der Waals surface area contributed by atoms with E-state index >= 15 is 0 Å². The Morgan fingerprint density at radius 2 is 1.60 bits per heavy atom. The van der Waals surface area contributed by atoms with Crippen molar-refractivity contribution < 1.29 is 14.4 Å². The van der Waals surface area contributed by atoms with Gasteiger partial charge in [0.1, 0.15) is 12.0 Å². The van der Waals surface area contributed by atoms with Gasteiger partial charge in [0.15, 0.2) is 0 Å². The molecule has 5 aromatic rings. The average molecular weight is 461 g/mol. The quantitative estimate of drug-likeness (QED) is 0.308. The lowest BCUT2D eigenvalue weighted by Gasteiger charge is -2.03. The first-order valence-corrected chi connectivity index (χ1v) is 11.2. The Morgan fingerprint density at radius 1 is 0.857 bits per heavy atom. The van der Waals surface area contributed by atoms with Gasteiger partial charge in [0, 0.05) is 41.7 Å². The van der Waals surface area contributed by atoms with E-state index in [1.54, 1.807) is 17.1 Å². The highest BCUT2D eigenvalue weighted by Crippen LogP contribution is 2.38. The standard InChI is InChI=1S/C27H19N5O3/c33-14-6-13-32-22-11-4-2-9-19(22)25(30-32)24-23(26(34)29-27(24)35)20-16-31(17-7-5-12-28-15-17)21-10-3-1-8-18(20)21/h1-5,7-12,14-16H,6,13H2,(H,29,34,35). The number of benzene rings is 2. The van der Waals surface area contributed by atoms with E-state index in [-0.39, 0.29) is 11.1 Å². The van der Waals surface area contributed by atoms with E-state index in [9.17, 15) is 14.4 Å². The van der Waals surface area contributed by atoms with Crippen LogP contribution in [0.2, 0.25) is 0 Å². The van der Waals surface area contributed by atoms with Gasteiger partial charge in [0.05, 0.1) is 34.1 Å². The zero-order chi connectivity index (χ0) is 23.9. The largest absolute Gasteiger partial charge is 0.314 e. The molecule has 2 aromatic carbocycles. The predicted octanol–water partition coefficient (Wildman–Crippen LogP) is 3.53. The maximum absolute atomic E-state index is 13.2. The molecule has 0 bridgehead atoms. The van der Waals surface area contributed by atoms with Crippen LogP contribution in [-0.2, 0) is 20.9 Å². The van der Waals surface area contributed by atoms with Gasteiger partial charge >= 0.3 is 0 Å². The van der Waals surface area contributed by atoms with Crippen LogP contribution >= 0.6 is 0 Å². The summed E-state index contributed by atoms with van der Waals surface area (Å²) in [6.07, 6.45) is 6.43. The van der Waals surface area contributed by atoms with E-state index in [2.05, 4.69) is 15.4 Å². The summed E-state index contributed by atoms with van der Waals surface area (Å²) in [6, 6.07) is 19.0. The Labute approximate surface area is 199 Å². The van der Waals surface area contributed by atoms with Crippen molar-refractivity contribution >= 4 is 51.1 Å². The average Bonchev–Trinajstić information content (AvgIpc) is 3.54. The van der Waals surface area contributed by atoms with E-state index in [4.69, 9.17) is 0 Å². The second-order valence-corrected chi connectivity index (χ2v) is 8.22. The van der Waals surface area contributed by atoms with Crippen molar-refractivity contribution in [3.05, 3.63) is 90.5 Å². The number of para-hydroxylation sites is 2. The molecule has 0 radical (unpaired) electrons. The molecule has 0 spiro atoms. The first-order valence-electron chi connectivity index (χ1n) is 11.2. The Morgan fingerprint density at radius 3 is 2.37 bits per heavy atom. The Balaban J connectivity index is 1.64. The van der Waals surface area contributed by atoms with Crippen molar-refractivity contribution in [3.8, 4) is 5.69 Å². The molecule has 3 aromatic heterocycles. The minimum atomic E-state index is -0.492. The smallest absolute Gasteiger partial charge is 0.261 e. The predicted molar refractivity (Wildman–Crippen MR) is 131 cm³/mol. The lowest BCUT2D eigenvalue weighted by atomic mass is 9.97. The molecule has 8 nitrogen and oxygen atoms in total. The summed E-state index contributed by atoms with van der Waals surface area (Å²) in [4.78, 5) is 41.5. The third kappa shape index (κ3) is 3.26. The molecule has 1 N–H and O–H groups in total. The molecule has 8 heteroatoms. The van der Waals surface area contributed by atoms with Gasteiger partial charge in [-0.15, -0.1) is 0 Å². The summed E-state index contributed by atoms with van der Waals surface area (Å²) < 4.78 is 3.66. The lowest BCUT2D eigenvalue weighted by Crippen LogP contribution is -2.22.